The molecular formula is C10H20N2OS. The average molecular weight is 216 g/mol. The Labute approximate surface area is 90.0 Å². The van der Waals surface area contributed by atoms with Crippen molar-refractivity contribution in [1.82, 2.24) is 4.90 Å². The van der Waals surface area contributed by atoms with Gasteiger partial charge in [-0.3, -0.25) is 4.90 Å². The molecule has 2 unspecified atom stereocenters. The molecule has 0 radical (unpaired) electrons. The number of aliphatic hydroxyl groups is 1. The number of thioether (sulfide) groups is 1. The number of nitrogens with zero attached hydrogens (tertiary/aromatic N) is 1. The second-order valence-corrected chi connectivity index (χ2v) is 5.67. The Morgan fingerprint density at radius 3 is 3.07 bits per heavy atom. The fourth-order valence-electron chi connectivity index (χ4n) is 2.44. The summed E-state index contributed by atoms with van der Waals surface area (Å²) in [6.45, 7) is 2.34. The van der Waals surface area contributed by atoms with Gasteiger partial charge in [-0.25, -0.2) is 0 Å². The lowest BCUT2D eigenvalue weighted by Crippen LogP contribution is -2.55. The quantitative estimate of drug-likeness (QED) is 0.696. The Kier molecular flexibility index (Phi) is 3.37. The molecule has 0 aromatic carbocycles. The largest absolute Gasteiger partial charge is 0.387 e. The minimum absolute atomic E-state index is 0.406. The summed E-state index contributed by atoms with van der Waals surface area (Å²) in [4.78, 5) is 2.44. The van der Waals surface area contributed by atoms with E-state index >= 15 is 0 Å². The number of hydrogen-bond acceptors (Lipinski definition) is 4. The van der Waals surface area contributed by atoms with Crippen LogP contribution in [0, 0.1) is 0 Å². The van der Waals surface area contributed by atoms with E-state index in [1.165, 1.54) is 17.9 Å². The summed E-state index contributed by atoms with van der Waals surface area (Å²) in [5, 5.41) is 10.1. The van der Waals surface area contributed by atoms with Crippen LogP contribution in [0.15, 0.2) is 0 Å². The maximum absolute atomic E-state index is 10.1. The first-order valence-electron chi connectivity index (χ1n) is 5.48. The third-order valence-corrected chi connectivity index (χ3v) is 4.53. The van der Waals surface area contributed by atoms with Crippen molar-refractivity contribution >= 4 is 11.8 Å². The molecule has 3 N–H and O–H groups in total. The average Bonchev–Trinajstić information content (AvgIpc) is 2.71. The Hall–Kier alpha value is 0.230. The first-order chi connectivity index (χ1) is 6.73. The first-order valence-corrected chi connectivity index (χ1v) is 6.63. The van der Waals surface area contributed by atoms with Gasteiger partial charge in [0.05, 0.1) is 5.60 Å². The Morgan fingerprint density at radius 1 is 1.57 bits per heavy atom. The third-order valence-electron chi connectivity index (χ3n) is 3.39. The minimum atomic E-state index is -0.606. The van der Waals surface area contributed by atoms with Crippen molar-refractivity contribution in [2.75, 3.05) is 31.1 Å². The molecule has 2 aliphatic heterocycles. The molecular weight excluding hydrogens is 196 g/mol. The second kappa shape index (κ2) is 4.39. The molecule has 0 amide bonds. The predicted octanol–water partition coefficient (Wildman–Crippen LogP) is 0.277. The van der Waals surface area contributed by atoms with Crippen LogP contribution in [0.4, 0.5) is 0 Å². The molecule has 0 saturated carbocycles. The van der Waals surface area contributed by atoms with Crippen LogP contribution in [-0.4, -0.2) is 52.8 Å². The molecule has 3 nitrogen and oxygen atoms in total. The lowest BCUT2D eigenvalue weighted by atomic mass is 9.92. The maximum Gasteiger partial charge on any atom is 0.0896 e. The molecule has 0 aromatic heterocycles. The highest BCUT2D eigenvalue weighted by Crippen LogP contribution is 2.28. The molecule has 2 aliphatic rings. The van der Waals surface area contributed by atoms with Crippen LogP contribution in [0.25, 0.3) is 0 Å². The fraction of sp³-hybridized carbons (Fsp3) is 1.00. The van der Waals surface area contributed by atoms with E-state index in [0.717, 1.165) is 25.9 Å². The zero-order valence-electron chi connectivity index (χ0n) is 8.61. The van der Waals surface area contributed by atoms with Crippen LogP contribution in [0.5, 0.6) is 0 Å². The van der Waals surface area contributed by atoms with Gasteiger partial charge in [-0.2, -0.15) is 11.8 Å². The van der Waals surface area contributed by atoms with E-state index in [1.54, 1.807) is 0 Å². The number of β-amino-alcohol motifs (C(OH)–C–C–N with tert-alkyl or cyclic N) is 1. The monoisotopic (exact) mass is 216 g/mol. The highest BCUT2D eigenvalue weighted by Gasteiger charge is 2.35. The van der Waals surface area contributed by atoms with Gasteiger partial charge in [0.25, 0.3) is 0 Å². The molecule has 0 aliphatic carbocycles. The van der Waals surface area contributed by atoms with Crippen molar-refractivity contribution in [3.05, 3.63) is 0 Å². The van der Waals surface area contributed by atoms with Crippen LogP contribution in [0.1, 0.15) is 19.3 Å². The summed E-state index contributed by atoms with van der Waals surface area (Å²) in [7, 11) is 0. The van der Waals surface area contributed by atoms with Crippen LogP contribution in [-0.2, 0) is 0 Å². The van der Waals surface area contributed by atoms with Crippen LogP contribution in [0.3, 0.4) is 0 Å². The molecule has 0 aromatic rings. The maximum atomic E-state index is 10.1. The van der Waals surface area contributed by atoms with Gasteiger partial charge in [-0.05, 0) is 31.6 Å². The summed E-state index contributed by atoms with van der Waals surface area (Å²) in [5.41, 5.74) is 5.01. The third kappa shape index (κ3) is 2.24. The van der Waals surface area contributed by atoms with Gasteiger partial charge < -0.3 is 10.8 Å². The summed E-state index contributed by atoms with van der Waals surface area (Å²) in [5.74, 6) is 2.52. The van der Waals surface area contributed by atoms with Crippen molar-refractivity contribution in [3.63, 3.8) is 0 Å². The van der Waals surface area contributed by atoms with Gasteiger partial charge in [0.2, 0.25) is 0 Å². The molecule has 4 heteroatoms. The van der Waals surface area contributed by atoms with E-state index in [0.29, 0.717) is 12.6 Å². The lowest BCUT2D eigenvalue weighted by molar-refractivity contribution is -0.0336. The van der Waals surface area contributed by atoms with Gasteiger partial charge in [0.1, 0.15) is 0 Å². The van der Waals surface area contributed by atoms with Crippen molar-refractivity contribution < 1.29 is 5.11 Å². The Morgan fingerprint density at radius 2 is 2.43 bits per heavy atom. The zero-order chi connectivity index (χ0) is 10.0. The van der Waals surface area contributed by atoms with E-state index in [-0.39, 0.29) is 0 Å². The van der Waals surface area contributed by atoms with E-state index in [2.05, 4.69) is 4.90 Å². The normalized spacial score (nSPS) is 40.3. The molecule has 2 rings (SSSR count). The van der Waals surface area contributed by atoms with E-state index < -0.39 is 5.60 Å². The van der Waals surface area contributed by atoms with Gasteiger partial charge >= 0.3 is 0 Å². The van der Waals surface area contributed by atoms with Gasteiger partial charge in [-0.15, -0.1) is 0 Å². The molecule has 0 spiro atoms. The van der Waals surface area contributed by atoms with E-state index in [9.17, 15) is 5.11 Å². The van der Waals surface area contributed by atoms with Crippen LogP contribution in [0.2, 0.25) is 0 Å². The predicted molar refractivity (Wildman–Crippen MR) is 60.5 cm³/mol. The van der Waals surface area contributed by atoms with Gasteiger partial charge in [0, 0.05) is 24.9 Å². The van der Waals surface area contributed by atoms with E-state index in [1.807, 2.05) is 11.8 Å². The number of piperidine rings is 1. The van der Waals surface area contributed by atoms with Crippen LogP contribution < -0.4 is 5.73 Å². The molecule has 2 fully saturated rings. The van der Waals surface area contributed by atoms with Gasteiger partial charge in [-0.1, -0.05) is 0 Å². The topological polar surface area (TPSA) is 49.5 Å². The molecule has 14 heavy (non-hydrogen) atoms. The Bertz CT molecular complexity index is 197. The molecule has 82 valence electrons. The highest BCUT2D eigenvalue weighted by atomic mass is 32.2. The fourth-order valence-corrected chi connectivity index (χ4v) is 3.69. The molecule has 2 saturated heterocycles. The first kappa shape index (κ1) is 10.7. The summed E-state index contributed by atoms with van der Waals surface area (Å²) >= 11 is 2.03. The van der Waals surface area contributed by atoms with E-state index in [4.69, 9.17) is 5.73 Å². The van der Waals surface area contributed by atoms with Crippen molar-refractivity contribution in [3.8, 4) is 0 Å². The standard InChI is InChI=1S/C10H20N2OS/c11-7-10(13)3-1-4-12(8-10)9-2-5-14-6-9/h9,13H,1-8,11H2. The molecule has 0 bridgehead atoms. The van der Waals surface area contributed by atoms with Crippen molar-refractivity contribution in [2.45, 2.75) is 30.9 Å². The molecule has 2 atom stereocenters. The number of nitrogens with two attached hydrogens (primary N) is 1. The van der Waals surface area contributed by atoms with Gasteiger partial charge in [0.15, 0.2) is 0 Å². The number of hydrogen-bond donors (Lipinski definition) is 2. The smallest absolute Gasteiger partial charge is 0.0896 e. The number of rotatable bonds is 2. The minimum Gasteiger partial charge on any atom is -0.387 e. The zero-order valence-corrected chi connectivity index (χ0v) is 9.43. The Balaban J connectivity index is 1.93. The summed E-state index contributed by atoms with van der Waals surface area (Å²) in [6, 6.07) is 0.693. The summed E-state index contributed by atoms with van der Waals surface area (Å²) < 4.78 is 0. The molecule has 2 heterocycles. The van der Waals surface area contributed by atoms with Crippen LogP contribution >= 0.6 is 11.8 Å². The summed E-state index contributed by atoms with van der Waals surface area (Å²) in [6.07, 6.45) is 3.25. The second-order valence-electron chi connectivity index (χ2n) is 4.52. The number of likely N-dealkylation sites (tertiary alicyclic amines) is 1. The van der Waals surface area contributed by atoms with Crippen molar-refractivity contribution in [1.29, 1.82) is 0 Å². The lowest BCUT2D eigenvalue weighted by Gasteiger charge is -2.41. The highest BCUT2D eigenvalue weighted by molar-refractivity contribution is 7.99. The SMILES string of the molecule is NCC1(O)CCCN(C2CCSC2)C1. The van der Waals surface area contributed by atoms with Crippen molar-refractivity contribution in [2.24, 2.45) is 5.73 Å².